The molecule has 1 aromatic rings. The van der Waals surface area contributed by atoms with Crippen molar-refractivity contribution in [2.75, 3.05) is 18.6 Å². The summed E-state index contributed by atoms with van der Waals surface area (Å²) in [6.07, 6.45) is 4.96. The molecule has 11 heteroatoms. The number of ether oxygens (including phenoxy) is 1. The van der Waals surface area contributed by atoms with E-state index in [1.165, 1.54) is 77.2 Å². The summed E-state index contributed by atoms with van der Waals surface area (Å²) in [5.74, 6) is 2.08. The largest absolute Gasteiger partial charge is 0.465 e. The smallest absolute Gasteiger partial charge is 0.345 e. The molecule has 0 amide bonds. The van der Waals surface area contributed by atoms with Crippen LogP contribution in [0.1, 0.15) is 39.5 Å². The lowest BCUT2D eigenvalue weighted by molar-refractivity contribution is -0.135. The zero-order valence-corrected chi connectivity index (χ0v) is 24.2. The number of hydrogen-bond donors (Lipinski definition) is 0. The Balaban J connectivity index is 1.84. The third-order valence-electron chi connectivity index (χ3n) is 3.78. The molecule has 0 saturated carbocycles. The predicted octanol–water partition coefficient (Wildman–Crippen LogP) is 7.84. The number of esters is 1. The lowest BCUT2D eigenvalue weighted by atomic mass is 10.4. The molecule has 1 aromatic heterocycles. The first-order chi connectivity index (χ1) is 14.6. The number of carbonyl (C=O) groups excluding carboxylic acids is 1. The predicted molar refractivity (Wildman–Crippen MR) is 151 cm³/mol. The average molecular weight is 571 g/mol. The molecular formula is C19H22O2S9. The topological polar surface area (TPSA) is 26.3 Å². The summed E-state index contributed by atoms with van der Waals surface area (Å²) in [6.45, 7) is 4.49. The van der Waals surface area contributed by atoms with Crippen molar-refractivity contribution in [2.45, 2.75) is 39.5 Å². The van der Waals surface area contributed by atoms with Gasteiger partial charge in [0.2, 0.25) is 0 Å². The fourth-order valence-corrected chi connectivity index (χ4v) is 14.2. The lowest BCUT2D eigenvalue weighted by Crippen LogP contribution is -2.00. The molecule has 0 spiro atoms. The quantitative estimate of drug-likeness (QED) is 0.167. The van der Waals surface area contributed by atoms with Crippen LogP contribution in [0.15, 0.2) is 18.8 Å². The zero-order chi connectivity index (χ0) is 21.5. The Labute approximate surface area is 216 Å². The van der Waals surface area contributed by atoms with E-state index >= 15 is 0 Å². The maximum absolute atomic E-state index is 11.8. The van der Waals surface area contributed by atoms with Crippen LogP contribution in [-0.4, -0.2) is 24.6 Å². The van der Waals surface area contributed by atoms with Crippen LogP contribution in [0.5, 0.6) is 0 Å². The van der Waals surface area contributed by atoms with Crippen LogP contribution in [-0.2, 0) is 9.53 Å². The van der Waals surface area contributed by atoms with Crippen LogP contribution in [0.2, 0.25) is 0 Å². The van der Waals surface area contributed by atoms with Crippen LogP contribution in [0.3, 0.4) is 0 Å². The standard InChI is InChI=1S/C19H22O2S9/c1-4-6-8-23-16-17(24-9-7-5-2)30-15(29-16)12-14(22)28-19(27-12)18-25-10-11(26-18)13(20)21-3/h10H,4-9H2,1-3H3/b19-18-. The first-order valence-electron chi connectivity index (χ1n) is 9.44. The minimum atomic E-state index is -0.272. The molecule has 0 aliphatic carbocycles. The summed E-state index contributed by atoms with van der Waals surface area (Å²) in [7, 11) is 1.42. The number of unbranched alkanes of at least 4 members (excludes halogenated alkanes) is 2. The monoisotopic (exact) mass is 570 g/mol. The van der Waals surface area contributed by atoms with Crippen molar-refractivity contribution in [3.63, 3.8) is 0 Å². The number of rotatable bonds is 9. The Morgan fingerprint density at radius 3 is 2.20 bits per heavy atom. The molecule has 3 rings (SSSR count). The Kier molecular flexibility index (Phi) is 11.2. The van der Waals surface area contributed by atoms with E-state index in [2.05, 4.69) is 13.8 Å². The van der Waals surface area contributed by atoms with Crippen molar-refractivity contribution in [3.8, 4) is 0 Å². The molecule has 30 heavy (non-hydrogen) atoms. The van der Waals surface area contributed by atoms with Gasteiger partial charge in [-0.15, -0.1) is 46.2 Å². The number of hydrogen-bond acceptors (Lipinski definition) is 11. The number of thioether (sulfide) groups is 6. The normalized spacial score (nSPS) is 18.4. The molecule has 2 nitrogen and oxygen atoms in total. The maximum Gasteiger partial charge on any atom is 0.345 e. The molecule has 0 N–H and O–H groups in total. The summed E-state index contributed by atoms with van der Waals surface area (Å²) in [4.78, 5) is 12.4. The Morgan fingerprint density at radius 1 is 1.00 bits per heavy atom. The third-order valence-corrected chi connectivity index (χ3v) is 15.6. The van der Waals surface area contributed by atoms with E-state index in [0.29, 0.717) is 4.91 Å². The molecular weight excluding hydrogens is 549 g/mol. The SMILES string of the molecule is CCCCSC1=C(SCCCC)SC(=c2s/c(=C3\SC=C(C(=O)OC)S3)sc2=S)S1. The van der Waals surface area contributed by atoms with Crippen molar-refractivity contribution >= 4 is 120 Å². The summed E-state index contributed by atoms with van der Waals surface area (Å²) >= 11 is 20.0. The van der Waals surface area contributed by atoms with E-state index in [1.54, 1.807) is 34.4 Å². The second kappa shape index (κ2) is 13.1. The summed E-state index contributed by atoms with van der Waals surface area (Å²) in [6, 6.07) is 0. The van der Waals surface area contributed by atoms with Crippen LogP contribution in [0.4, 0.5) is 0 Å². The molecule has 0 unspecified atom stereocenters. The maximum atomic E-state index is 11.8. The van der Waals surface area contributed by atoms with E-state index in [9.17, 15) is 4.79 Å². The van der Waals surface area contributed by atoms with Gasteiger partial charge in [-0.3, -0.25) is 0 Å². The summed E-state index contributed by atoms with van der Waals surface area (Å²) in [5, 5.41) is 1.87. The molecule has 3 heterocycles. The van der Waals surface area contributed by atoms with Crippen molar-refractivity contribution in [3.05, 3.63) is 31.0 Å². The minimum Gasteiger partial charge on any atom is -0.465 e. The average Bonchev–Trinajstić information content (AvgIpc) is 3.46. The van der Waals surface area contributed by atoms with Crippen molar-refractivity contribution < 1.29 is 9.53 Å². The van der Waals surface area contributed by atoms with Gasteiger partial charge in [-0.05, 0) is 29.8 Å². The first-order valence-corrected chi connectivity index (χ1v) is 16.8. The van der Waals surface area contributed by atoms with E-state index < -0.39 is 0 Å². The molecule has 0 aromatic carbocycles. The van der Waals surface area contributed by atoms with E-state index in [4.69, 9.17) is 17.0 Å². The summed E-state index contributed by atoms with van der Waals surface area (Å²) < 4.78 is 13.5. The van der Waals surface area contributed by atoms with E-state index in [-0.39, 0.29) is 5.97 Å². The van der Waals surface area contributed by atoms with Gasteiger partial charge < -0.3 is 4.74 Å². The van der Waals surface area contributed by atoms with Crippen molar-refractivity contribution in [1.82, 2.24) is 0 Å². The molecule has 2 aliphatic rings. The van der Waals surface area contributed by atoms with Crippen LogP contribution in [0.25, 0.3) is 8.47 Å². The number of methoxy groups -OCH3 is 1. The second-order valence-electron chi connectivity index (χ2n) is 6.06. The van der Waals surface area contributed by atoms with Crippen LogP contribution >= 0.6 is 105 Å². The number of carbonyl (C=O) groups is 1. The molecule has 0 atom stereocenters. The molecule has 0 radical (unpaired) electrons. The highest BCUT2D eigenvalue weighted by Gasteiger charge is 2.24. The molecule has 0 bridgehead atoms. The van der Waals surface area contributed by atoms with Gasteiger partial charge in [-0.1, -0.05) is 86.0 Å². The molecule has 164 valence electrons. The van der Waals surface area contributed by atoms with Crippen molar-refractivity contribution in [1.29, 1.82) is 0 Å². The minimum absolute atomic E-state index is 0.272. The molecule has 2 aliphatic heterocycles. The summed E-state index contributed by atoms with van der Waals surface area (Å²) in [5.41, 5.74) is 0. The second-order valence-corrected chi connectivity index (χ2v) is 16.2. The van der Waals surface area contributed by atoms with Gasteiger partial charge >= 0.3 is 5.97 Å². The Hall–Kier alpha value is 1.06. The van der Waals surface area contributed by atoms with E-state index in [1.807, 2.05) is 52.5 Å². The first kappa shape index (κ1) is 25.7. The van der Waals surface area contributed by atoms with Gasteiger partial charge in [0.05, 0.1) is 28.6 Å². The van der Waals surface area contributed by atoms with E-state index in [0.717, 1.165) is 8.06 Å². The van der Waals surface area contributed by atoms with Gasteiger partial charge in [0.1, 0.15) is 12.6 Å². The van der Waals surface area contributed by atoms with Gasteiger partial charge in [0.25, 0.3) is 0 Å². The van der Waals surface area contributed by atoms with Gasteiger partial charge in [0.15, 0.2) is 0 Å². The molecule has 0 fully saturated rings. The zero-order valence-electron chi connectivity index (χ0n) is 16.8. The fraction of sp³-hybridized carbons (Fsp3) is 0.474. The highest BCUT2D eigenvalue weighted by atomic mass is 32.3. The highest BCUT2D eigenvalue weighted by molar-refractivity contribution is 8.45. The fourth-order valence-electron chi connectivity index (χ4n) is 2.19. The highest BCUT2D eigenvalue weighted by Crippen LogP contribution is 2.58. The van der Waals surface area contributed by atoms with Crippen LogP contribution in [0, 0.1) is 3.82 Å². The van der Waals surface area contributed by atoms with Gasteiger partial charge in [0, 0.05) is 0 Å². The van der Waals surface area contributed by atoms with Crippen LogP contribution < -0.4 is 8.38 Å². The van der Waals surface area contributed by atoms with Gasteiger partial charge in [-0.2, -0.15) is 0 Å². The lowest BCUT2D eigenvalue weighted by Gasteiger charge is -2.03. The Morgan fingerprint density at radius 2 is 1.63 bits per heavy atom. The molecule has 0 saturated heterocycles. The van der Waals surface area contributed by atoms with Crippen molar-refractivity contribution in [2.24, 2.45) is 0 Å². The van der Waals surface area contributed by atoms with Gasteiger partial charge in [-0.25, -0.2) is 4.79 Å². The third kappa shape index (κ3) is 6.79. The Bertz CT molecular complexity index is 992.